The van der Waals surface area contributed by atoms with Crippen molar-refractivity contribution >= 4 is 69.9 Å². The molecule has 0 fully saturated rings. The lowest BCUT2D eigenvalue weighted by Gasteiger charge is -2.18. The van der Waals surface area contributed by atoms with Gasteiger partial charge in [0.25, 0.3) is 0 Å². The Morgan fingerprint density at radius 3 is 1.73 bits per heavy atom. The SMILES string of the molecule is C=C/C=C\c1c(C)c(-c2cccc3c2sc2ccc(-c4c5ccccc5c(C)c5ccccc45)cc23)c2ccccc2c1C. The number of aryl methyl sites for hydroxylation is 2. The highest BCUT2D eigenvalue weighted by atomic mass is 32.1. The van der Waals surface area contributed by atoms with Crippen LogP contribution in [0.2, 0.25) is 0 Å². The molecule has 8 aromatic rings. The van der Waals surface area contributed by atoms with Crippen LogP contribution >= 0.6 is 11.3 Å². The van der Waals surface area contributed by atoms with Gasteiger partial charge in [0.1, 0.15) is 0 Å². The monoisotopic (exact) mass is 580 g/mol. The van der Waals surface area contributed by atoms with E-state index in [-0.39, 0.29) is 0 Å². The molecule has 0 bridgehead atoms. The zero-order chi connectivity index (χ0) is 29.9. The fraction of sp³-hybridized carbons (Fsp3) is 0.0698. The zero-order valence-corrected chi connectivity index (χ0v) is 26.1. The van der Waals surface area contributed by atoms with Crippen molar-refractivity contribution in [1.82, 2.24) is 0 Å². The predicted octanol–water partition coefficient (Wildman–Crippen LogP) is 13.0. The second kappa shape index (κ2) is 10.3. The average molecular weight is 581 g/mol. The van der Waals surface area contributed by atoms with Gasteiger partial charge in [-0.3, -0.25) is 0 Å². The molecule has 1 aromatic heterocycles. The Bertz CT molecular complexity index is 2430. The van der Waals surface area contributed by atoms with Gasteiger partial charge in [0.15, 0.2) is 0 Å². The predicted molar refractivity (Wildman–Crippen MR) is 196 cm³/mol. The maximum absolute atomic E-state index is 3.92. The number of rotatable bonds is 4. The first kappa shape index (κ1) is 26.6. The van der Waals surface area contributed by atoms with Gasteiger partial charge in [0.2, 0.25) is 0 Å². The summed E-state index contributed by atoms with van der Waals surface area (Å²) in [6.45, 7) is 10.7. The van der Waals surface area contributed by atoms with Gasteiger partial charge in [-0.05, 0) is 104 Å². The third-order valence-electron chi connectivity index (χ3n) is 9.44. The number of allylic oxidation sites excluding steroid dienone is 2. The minimum absolute atomic E-state index is 1.27. The van der Waals surface area contributed by atoms with E-state index in [4.69, 9.17) is 0 Å². The minimum Gasteiger partial charge on any atom is -0.135 e. The Morgan fingerprint density at radius 1 is 0.523 bits per heavy atom. The van der Waals surface area contributed by atoms with Crippen molar-refractivity contribution in [1.29, 1.82) is 0 Å². The van der Waals surface area contributed by atoms with E-state index in [9.17, 15) is 0 Å². The van der Waals surface area contributed by atoms with Gasteiger partial charge in [0, 0.05) is 25.7 Å². The maximum atomic E-state index is 3.92. The quantitative estimate of drug-likeness (QED) is 0.143. The molecule has 0 saturated carbocycles. The van der Waals surface area contributed by atoms with Crippen LogP contribution in [0.25, 0.3) is 80.8 Å². The van der Waals surface area contributed by atoms with Crippen LogP contribution in [0.1, 0.15) is 22.3 Å². The molecule has 0 aliphatic carbocycles. The second-order valence-electron chi connectivity index (χ2n) is 11.8. The molecular formula is C43H32S. The molecule has 0 N–H and O–H groups in total. The minimum atomic E-state index is 1.27. The first-order chi connectivity index (χ1) is 21.6. The lowest BCUT2D eigenvalue weighted by atomic mass is 9.86. The zero-order valence-electron chi connectivity index (χ0n) is 25.2. The lowest BCUT2D eigenvalue weighted by molar-refractivity contribution is 1.40. The summed E-state index contributed by atoms with van der Waals surface area (Å²) >= 11 is 1.91. The number of thiophene rings is 1. The van der Waals surface area contributed by atoms with Crippen molar-refractivity contribution in [2.75, 3.05) is 0 Å². The summed E-state index contributed by atoms with van der Waals surface area (Å²) in [4.78, 5) is 0. The fourth-order valence-electron chi connectivity index (χ4n) is 7.36. The van der Waals surface area contributed by atoms with Crippen molar-refractivity contribution in [3.05, 3.63) is 150 Å². The van der Waals surface area contributed by atoms with Crippen LogP contribution in [-0.2, 0) is 0 Å². The molecule has 0 nitrogen and oxygen atoms in total. The first-order valence-electron chi connectivity index (χ1n) is 15.2. The van der Waals surface area contributed by atoms with E-state index in [2.05, 4.69) is 143 Å². The molecule has 1 heterocycles. The molecule has 1 heteroatoms. The summed E-state index contributed by atoms with van der Waals surface area (Å²) in [6, 6.07) is 40.5. The van der Waals surface area contributed by atoms with Crippen molar-refractivity contribution in [3.63, 3.8) is 0 Å². The fourth-order valence-corrected chi connectivity index (χ4v) is 8.56. The number of hydrogen-bond donors (Lipinski definition) is 0. The molecule has 210 valence electrons. The molecule has 0 atom stereocenters. The van der Waals surface area contributed by atoms with Crippen LogP contribution < -0.4 is 0 Å². The molecule has 0 radical (unpaired) electrons. The average Bonchev–Trinajstić information content (AvgIpc) is 3.44. The van der Waals surface area contributed by atoms with Gasteiger partial charge < -0.3 is 0 Å². The van der Waals surface area contributed by atoms with Crippen molar-refractivity contribution in [2.24, 2.45) is 0 Å². The molecule has 0 unspecified atom stereocenters. The smallest absolute Gasteiger partial charge is 0.0434 e. The third-order valence-corrected chi connectivity index (χ3v) is 10.7. The van der Waals surface area contributed by atoms with Crippen LogP contribution in [0.15, 0.2) is 128 Å². The molecule has 7 aromatic carbocycles. The topological polar surface area (TPSA) is 0 Å². The molecule has 0 aliphatic heterocycles. The van der Waals surface area contributed by atoms with Crippen LogP contribution in [0.3, 0.4) is 0 Å². The molecular weight excluding hydrogens is 549 g/mol. The van der Waals surface area contributed by atoms with Crippen molar-refractivity contribution in [3.8, 4) is 22.3 Å². The highest BCUT2D eigenvalue weighted by Crippen LogP contribution is 2.46. The Kier molecular flexibility index (Phi) is 6.25. The standard InChI is InChI=1S/C43H32S/c1-5-6-14-30-26(2)31-15-7-10-18-34(31)41(28(30)4)38-22-13-21-37-39-25-29(23-24-40(39)44-43(37)38)42-35-19-11-8-16-32(35)27(3)33-17-9-12-20-36(33)42/h5-25H,1H2,2-4H3/b14-6-. The van der Waals surface area contributed by atoms with E-state index in [1.807, 2.05) is 23.5 Å². The van der Waals surface area contributed by atoms with Crippen molar-refractivity contribution < 1.29 is 0 Å². The summed E-state index contributed by atoms with van der Waals surface area (Å²) in [5, 5.41) is 10.5. The van der Waals surface area contributed by atoms with E-state index < -0.39 is 0 Å². The molecule has 0 aliphatic rings. The highest BCUT2D eigenvalue weighted by Gasteiger charge is 2.19. The van der Waals surface area contributed by atoms with Gasteiger partial charge in [-0.1, -0.05) is 122 Å². The summed E-state index contributed by atoms with van der Waals surface area (Å²) in [6.07, 6.45) is 6.12. The second-order valence-corrected chi connectivity index (χ2v) is 12.8. The van der Waals surface area contributed by atoms with Crippen LogP contribution in [0.5, 0.6) is 0 Å². The summed E-state index contributed by atoms with van der Waals surface area (Å²) in [5.41, 5.74) is 10.4. The van der Waals surface area contributed by atoms with Gasteiger partial charge in [0.05, 0.1) is 0 Å². The number of benzene rings is 7. The van der Waals surface area contributed by atoms with E-state index in [1.165, 1.54) is 97.0 Å². The third kappa shape index (κ3) is 3.90. The van der Waals surface area contributed by atoms with Crippen LogP contribution in [-0.4, -0.2) is 0 Å². The number of fused-ring (bicyclic) bond motifs is 6. The summed E-state index contributed by atoms with van der Waals surface area (Å²) in [7, 11) is 0. The normalized spacial score (nSPS) is 12.0. The Balaban J connectivity index is 1.43. The largest absolute Gasteiger partial charge is 0.135 e. The van der Waals surface area contributed by atoms with E-state index >= 15 is 0 Å². The van der Waals surface area contributed by atoms with E-state index in [1.54, 1.807) is 0 Å². The van der Waals surface area contributed by atoms with Crippen LogP contribution in [0, 0.1) is 20.8 Å². The molecule has 0 spiro atoms. The van der Waals surface area contributed by atoms with Gasteiger partial charge in [-0.2, -0.15) is 0 Å². The maximum Gasteiger partial charge on any atom is 0.0434 e. The molecule has 8 rings (SSSR count). The molecule has 0 saturated heterocycles. The van der Waals surface area contributed by atoms with Crippen LogP contribution in [0.4, 0.5) is 0 Å². The Labute approximate surface area is 262 Å². The first-order valence-corrected chi connectivity index (χ1v) is 16.1. The van der Waals surface area contributed by atoms with Gasteiger partial charge >= 0.3 is 0 Å². The summed E-state index contributed by atoms with van der Waals surface area (Å²) in [5.74, 6) is 0. The van der Waals surface area contributed by atoms with E-state index in [0.29, 0.717) is 0 Å². The van der Waals surface area contributed by atoms with Gasteiger partial charge in [-0.15, -0.1) is 11.3 Å². The summed E-state index contributed by atoms with van der Waals surface area (Å²) < 4.78 is 2.66. The molecule has 0 amide bonds. The highest BCUT2D eigenvalue weighted by molar-refractivity contribution is 7.26. The Hall–Kier alpha value is -4.98. The molecule has 44 heavy (non-hydrogen) atoms. The number of hydrogen-bond acceptors (Lipinski definition) is 1. The van der Waals surface area contributed by atoms with Crippen molar-refractivity contribution in [2.45, 2.75) is 20.8 Å². The Morgan fingerprint density at radius 2 is 1.09 bits per heavy atom. The van der Waals surface area contributed by atoms with E-state index in [0.717, 1.165) is 0 Å². The lowest BCUT2D eigenvalue weighted by Crippen LogP contribution is -1.95. The van der Waals surface area contributed by atoms with Gasteiger partial charge in [-0.25, -0.2) is 0 Å².